The molecule has 0 bridgehead atoms. The van der Waals surface area contributed by atoms with E-state index in [4.69, 9.17) is 4.74 Å². The van der Waals surface area contributed by atoms with Gasteiger partial charge in [0.1, 0.15) is 11.3 Å². The number of benzene rings is 1. The third-order valence-electron chi connectivity index (χ3n) is 3.35. The van der Waals surface area contributed by atoms with Crippen LogP contribution in [0.4, 0.5) is 0 Å². The quantitative estimate of drug-likeness (QED) is 0.873. The molecule has 0 aromatic heterocycles. The monoisotopic (exact) mass is 289 g/mol. The molecule has 1 saturated heterocycles. The van der Waals surface area contributed by atoms with Crippen molar-refractivity contribution in [3.8, 4) is 5.75 Å². The van der Waals surface area contributed by atoms with Crippen molar-refractivity contribution in [2.45, 2.75) is 45.8 Å². The molecule has 2 rings (SSSR count). The maximum absolute atomic E-state index is 12.2. The van der Waals surface area contributed by atoms with Gasteiger partial charge < -0.3 is 10.1 Å². The van der Waals surface area contributed by atoms with Gasteiger partial charge in [0.2, 0.25) is 0 Å². The predicted molar refractivity (Wildman–Crippen MR) is 83.4 cm³/mol. The minimum atomic E-state index is -0.789. The molecule has 1 aromatic rings. The van der Waals surface area contributed by atoms with Gasteiger partial charge in [-0.3, -0.25) is 15.1 Å². The minimum Gasteiger partial charge on any atom is -0.491 e. The number of nitrogens with zero attached hydrogens (tertiary/aromatic N) is 1. The first-order valence-electron chi connectivity index (χ1n) is 7.37. The second-order valence-electron chi connectivity index (χ2n) is 5.63. The van der Waals surface area contributed by atoms with Gasteiger partial charge in [0.25, 0.3) is 5.91 Å². The summed E-state index contributed by atoms with van der Waals surface area (Å²) >= 11 is 0. The molecule has 1 atom stereocenters. The molecule has 0 radical (unpaired) electrons. The van der Waals surface area contributed by atoms with Gasteiger partial charge in [-0.1, -0.05) is 19.1 Å². The summed E-state index contributed by atoms with van der Waals surface area (Å²) in [5.41, 5.74) is 0.0981. The van der Waals surface area contributed by atoms with Crippen LogP contribution >= 0.6 is 0 Å². The van der Waals surface area contributed by atoms with E-state index in [9.17, 15) is 4.79 Å². The van der Waals surface area contributed by atoms with Gasteiger partial charge in [0, 0.05) is 6.54 Å². The Kier molecular flexibility index (Phi) is 4.50. The highest BCUT2D eigenvalue weighted by Gasteiger charge is 2.42. The van der Waals surface area contributed by atoms with Crippen molar-refractivity contribution in [3.63, 3.8) is 0 Å². The molecule has 1 amide bonds. The zero-order valence-electron chi connectivity index (χ0n) is 13.1. The predicted octanol–water partition coefficient (Wildman–Crippen LogP) is 2.17. The van der Waals surface area contributed by atoms with Gasteiger partial charge in [-0.2, -0.15) is 0 Å². The van der Waals surface area contributed by atoms with Crippen molar-refractivity contribution < 1.29 is 9.53 Å². The van der Waals surface area contributed by atoms with Crippen molar-refractivity contribution >= 4 is 11.9 Å². The highest BCUT2D eigenvalue weighted by molar-refractivity contribution is 6.09. The number of hydrogen-bond donors (Lipinski definition) is 2. The van der Waals surface area contributed by atoms with E-state index in [0.717, 1.165) is 17.7 Å². The topological polar surface area (TPSA) is 62.7 Å². The SMILES string of the molecule is CCCN=C1NC(=O)C(C)(c2ccc(OC(C)C)cc2)N1. The Labute approximate surface area is 125 Å². The number of carbonyl (C=O) groups excluding carboxylic acids is 1. The lowest BCUT2D eigenvalue weighted by molar-refractivity contribution is -0.123. The number of hydrogen-bond acceptors (Lipinski definition) is 3. The van der Waals surface area contributed by atoms with Crippen molar-refractivity contribution in [2.75, 3.05) is 6.54 Å². The number of aliphatic imine (C=N–C) groups is 1. The van der Waals surface area contributed by atoms with E-state index in [1.807, 2.05) is 52.0 Å². The summed E-state index contributed by atoms with van der Waals surface area (Å²) in [4.78, 5) is 16.6. The molecule has 1 aliphatic heterocycles. The molecule has 1 fully saturated rings. The van der Waals surface area contributed by atoms with E-state index in [2.05, 4.69) is 15.6 Å². The fourth-order valence-corrected chi connectivity index (χ4v) is 2.20. The summed E-state index contributed by atoms with van der Waals surface area (Å²) in [6.07, 6.45) is 1.08. The number of rotatable bonds is 5. The first-order chi connectivity index (χ1) is 9.95. The van der Waals surface area contributed by atoms with Gasteiger partial charge in [-0.25, -0.2) is 0 Å². The molecule has 1 aliphatic rings. The first kappa shape index (κ1) is 15.4. The van der Waals surface area contributed by atoms with Crippen LogP contribution in [0.2, 0.25) is 0 Å². The van der Waals surface area contributed by atoms with E-state index in [-0.39, 0.29) is 12.0 Å². The lowest BCUT2D eigenvalue weighted by Gasteiger charge is -2.22. The van der Waals surface area contributed by atoms with E-state index in [1.165, 1.54) is 0 Å². The highest BCUT2D eigenvalue weighted by Crippen LogP contribution is 2.26. The van der Waals surface area contributed by atoms with Crippen LogP contribution in [-0.2, 0) is 10.3 Å². The van der Waals surface area contributed by atoms with Crippen LogP contribution in [0, 0.1) is 0 Å². The van der Waals surface area contributed by atoms with Gasteiger partial charge in [-0.05, 0) is 44.9 Å². The number of ether oxygens (including phenoxy) is 1. The van der Waals surface area contributed by atoms with Crippen molar-refractivity contribution in [3.05, 3.63) is 29.8 Å². The summed E-state index contributed by atoms with van der Waals surface area (Å²) < 4.78 is 5.62. The molecular weight excluding hydrogens is 266 g/mol. The normalized spacial score (nSPS) is 23.3. The Bertz CT molecular complexity index is 537. The number of guanidine groups is 1. The van der Waals surface area contributed by atoms with Crippen LogP contribution in [0.25, 0.3) is 0 Å². The Balaban J connectivity index is 2.18. The van der Waals surface area contributed by atoms with Gasteiger partial charge in [0.15, 0.2) is 5.96 Å². The lowest BCUT2D eigenvalue weighted by Crippen LogP contribution is -2.40. The van der Waals surface area contributed by atoms with Crippen LogP contribution in [0.1, 0.15) is 39.7 Å². The van der Waals surface area contributed by atoms with E-state index in [1.54, 1.807) is 0 Å². The lowest BCUT2D eigenvalue weighted by atomic mass is 9.92. The summed E-state index contributed by atoms with van der Waals surface area (Å²) in [6.45, 7) is 8.57. The summed E-state index contributed by atoms with van der Waals surface area (Å²) in [5.74, 6) is 1.26. The van der Waals surface area contributed by atoms with E-state index < -0.39 is 5.54 Å². The van der Waals surface area contributed by atoms with Crippen LogP contribution in [0.3, 0.4) is 0 Å². The van der Waals surface area contributed by atoms with Crippen molar-refractivity contribution in [1.82, 2.24) is 10.6 Å². The molecule has 114 valence electrons. The molecule has 1 heterocycles. The molecule has 5 nitrogen and oxygen atoms in total. The molecule has 1 aromatic carbocycles. The highest BCUT2D eigenvalue weighted by atomic mass is 16.5. The standard InChI is InChI=1S/C16H23N3O2/c1-5-10-17-15-18-14(20)16(4,19-15)12-6-8-13(9-7-12)21-11(2)3/h6-9,11H,5,10H2,1-4H3,(H2,17,18,19,20). The second-order valence-corrected chi connectivity index (χ2v) is 5.63. The molecule has 1 unspecified atom stereocenters. The molecule has 0 aliphatic carbocycles. The minimum absolute atomic E-state index is 0.0881. The Morgan fingerprint density at radius 1 is 1.29 bits per heavy atom. The van der Waals surface area contributed by atoms with Crippen LogP contribution in [0.15, 0.2) is 29.3 Å². The average molecular weight is 289 g/mol. The zero-order valence-corrected chi connectivity index (χ0v) is 13.1. The maximum atomic E-state index is 12.2. The largest absolute Gasteiger partial charge is 0.491 e. The zero-order chi connectivity index (χ0) is 15.5. The van der Waals surface area contributed by atoms with Crippen LogP contribution in [-0.4, -0.2) is 24.5 Å². The molecule has 0 spiro atoms. The molecule has 0 saturated carbocycles. The van der Waals surface area contributed by atoms with Gasteiger partial charge in [-0.15, -0.1) is 0 Å². The number of nitrogens with one attached hydrogen (secondary N) is 2. The Morgan fingerprint density at radius 2 is 1.95 bits per heavy atom. The third kappa shape index (κ3) is 3.35. The Morgan fingerprint density at radius 3 is 2.52 bits per heavy atom. The van der Waals surface area contributed by atoms with Crippen molar-refractivity contribution in [1.29, 1.82) is 0 Å². The maximum Gasteiger partial charge on any atom is 0.256 e. The van der Waals surface area contributed by atoms with Crippen LogP contribution in [0.5, 0.6) is 5.75 Å². The first-order valence-corrected chi connectivity index (χ1v) is 7.37. The second kappa shape index (κ2) is 6.16. The molecule has 5 heteroatoms. The summed E-state index contributed by atoms with van der Waals surface area (Å²) in [6, 6.07) is 7.59. The summed E-state index contributed by atoms with van der Waals surface area (Å²) in [5, 5.41) is 5.97. The van der Waals surface area contributed by atoms with E-state index >= 15 is 0 Å². The average Bonchev–Trinajstić information content (AvgIpc) is 2.73. The third-order valence-corrected chi connectivity index (χ3v) is 3.35. The van der Waals surface area contributed by atoms with Gasteiger partial charge in [0.05, 0.1) is 6.10 Å². The van der Waals surface area contributed by atoms with Crippen molar-refractivity contribution in [2.24, 2.45) is 4.99 Å². The van der Waals surface area contributed by atoms with Crippen LogP contribution < -0.4 is 15.4 Å². The fourth-order valence-electron chi connectivity index (χ4n) is 2.20. The van der Waals surface area contributed by atoms with E-state index in [0.29, 0.717) is 12.5 Å². The number of carbonyl (C=O) groups is 1. The van der Waals surface area contributed by atoms with Gasteiger partial charge >= 0.3 is 0 Å². The number of amides is 1. The smallest absolute Gasteiger partial charge is 0.256 e. The molecule has 2 N–H and O–H groups in total. The molecule has 21 heavy (non-hydrogen) atoms. The molecular formula is C16H23N3O2. The fraction of sp³-hybridized carbons (Fsp3) is 0.500. The summed E-state index contributed by atoms with van der Waals surface area (Å²) in [7, 11) is 0. The Hall–Kier alpha value is -2.04.